The van der Waals surface area contributed by atoms with Crippen LogP contribution in [0.25, 0.3) is 0 Å². The lowest BCUT2D eigenvalue weighted by molar-refractivity contribution is -0.145. The molecule has 8 nitrogen and oxygen atoms in total. The topological polar surface area (TPSA) is 97.5 Å². The van der Waals surface area contributed by atoms with Crippen molar-refractivity contribution in [1.82, 2.24) is 19.9 Å². The Kier molecular flexibility index (Phi) is 7.41. The van der Waals surface area contributed by atoms with E-state index in [0.717, 1.165) is 31.2 Å². The van der Waals surface area contributed by atoms with Gasteiger partial charge in [0.25, 0.3) is 0 Å². The largest absolute Gasteiger partial charge is 0.455 e. The van der Waals surface area contributed by atoms with Crippen molar-refractivity contribution in [1.29, 1.82) is 0 Å². The quantitative estimate of drug-likeness (QED) is 0.525. The third-order valence-corrected chi connectivity index (χ3v) is 7.35. The number of carbonyl (C=O) groups is 2. The first kappa shape index (κ1) is 24.2. The molecule has 1 saturated heterocycles. The number of aromatic nitrogens is 3. The number of piperidine rings is 1. The molecule has 2 heterocycles. The molecule has 1 amide bonds. The SMILES string of the molecule is O=C(OCc1cn([C@@H]2C[C@H](c3ccccc3)N(C(=O)C3CCCCC3)C[C@H]2O)nn1)c1ccccc1. The van der Waals surface area contributed by atoms with Crippen LogP contribution in [0, 0.1) is 5.92 Å². The van der Waals surface area contributed by atoms with Crippen molar-refractivity contribution in [2.45, 2.75) is 63.3 Å². The average Bonchev–Trinajstić information content (AvgIpc) is 3.41. The zero-order chi connectivity index (χ0) is 24.9. The second-order valence-electron chi connectivity index (χ2n) is 9.75. The van der Waals surface area contributed by atoms with E-state index in [1.54, 1.807) is 35.1 Å². The van der Waals surface area contributed by atoms with Crippen LogP contribution in [-0.2, 0) is 16.1 Å². The highest BCUT2D eigenvalue weighted by molar-refractivity contribution is 5.89. The first-order valence-electron chi connectivity index (χ1n) is 12.8. The zero-order valence-electron chi connectivity index (χ0n) is 20.3. The summed E-state index contributed by atoms with van der Waals surface area (Å²) >= 11 is 0. The molecule has 1 aliphatic carbocycles. The summed E-state index contributed by atoms with van der Waals surface area (Å²) in [5.41, 5.74) is 2.03. The van der Waals surface area contributed by atoms with Gasteiger partial charge < -0.3 is 14.7 Å². The molecule has 0 spiro atoms. The van der Waals surface area contributed by atoms with Crippen LogP contribution < -0.4 is 0 Å². The molecule has 0 radical (unpaired) electrons. The lowest BCUT2D eigenvalue weighted by Crippen LogP contribution is -2.51. The van der Waals surface area contributed by atoms with Crippen molar-refractivity contribution in [2.24, 2.45) is 5.92 Å². The Hall–Kier alpha value is -3.52. The molecule has 1 saturated carbocycles. The fourth-order valence-electron chi connectivity index (χ4n) is 5.41. The molecule has 2 aromatic carbocycles. The first-order valence-corrected chi connectivity index (χ1v) is 12.8. The van der Waals surface area contributed by atoms with Crippen molar-refractivity contribution in [2.75, 3.05) is 6.54 Å². The lowest BCUT2D eigenvalue weighted by Gasteiger charge is -2.44. The predicted octanol–water partition coefficient (Wildman–Crippen LogP) is 4.09. The third-order valence-electron chi connectivity index (χ3n) is 7.35. The number of amides is 1. The van der Waals surface area contributed by atoms with Crippen LogP contribution >= 0.6 is 0 Å². The van der Waals surface area contributed by atoms with Gasteiger partial charge in [-0.15, -0.1) is 5.10 Å². The van der Waals surface area contributed by atoms with Crippen molar-refractivity contribution in [3.63, 3.8) is 0 Å². The van der Waals surface area contributed by atoms with E-state index in [9.17, 15) is 14.7 Å². The Labute approximate surface area is 210 Å². The van der Waals surface area contributed by atoms with Crippen LogP contribution in [0.2, 0.25) is 0 Å². The van der Waals surface area contributed by atoms with Crippen molar-refractivity contribution in [3.05, 3.63) is 83.7 Å². The van der Waals surface area contributed by atoms with Gasteiger partial charge >= 0.3 is 5.97 Å². The van der Waals surface area contributed by atoms with Crippen LogP contribution in [0.5, 0.6) is 0 Å². The van der Waals surface area contributed by atoms with Crippen molar-refractivity contribution in [3.8, 4) is 0 Å². The molecule has 36 heavy (non-hydrogen) atoms. The van der Waals surface area contributed by atoms with Crippen molar-refractivity contribution < 1.29 is 19.4 Å². The summed E-state index contributed by atoms with van der Waals surface area (Å²) in [5, 5.41) is 19.5. The van der Waals surface area contributed by atoms with Gasteiger partial charge in [0.15, 0.2) is 0 Å². The van der Waals surface area contributed by atoms with Gasteiger partial charge in [-0.05, 0) is 37.0 Å². The van der Waals surface area contributed by atoms with Gasteiger partial charge in [-0.1, -0.05) is 73.0 Å². The van der Waals surface area contributed by atoms with Gasteiger partial charge in [0.05, 0.1) is 29.9 Å². The number of β-amino-alcohol motifs (C(OH)–C–C–N with tert-alkyl or cyclic N) is 1. The minimum Gasteiger partial charge on any atom is -0.455 e. The number of rotatable bonds is 6. The molecular weight excluding hydrogens is 456 g/mol. The van der Waals surface area contributed by atoms with Crippen LogP contribution in [0.15, 0.2) is 66.9 Å². The zero-order valence-corrected chi connectivity index (χ0v) is 20.3. The average molecular weight is 489 g/mol. The fourth-order valence-corrected chi connectivity index (χ4v) is 5.41. The van der Waals surface area contributed by atoms with E-state index < -0.39 is 12.1 Å². The highest BCUT2D eigenvalue weighted by Gasteiger charge is 2.41. The molecule has 2 aliphatic rings. The van der Waals surface area contributed by atoms with E-state index in [1.165, 1.54) is 6.42 Å². The molecule has 0 bridgehead atoms. The molecule has 8 heteroatoms. The summed E-state index contributed by atoms with van der Waals surface area (Å²) in [5.74, 6) is -0.247. The number of aliphatic hydroxyl groups excluding tert-OH is 1. The summed E-state index contributed by atoms with van der Waals surface area (Å²) in [6.07, 6.45) is 6.66. The molecule has 0 unspecified atom stereocenters. The maximum Gasteiger partial charge on any atom is 0.338 e. The summed E-state index contributed by atoms with van der Waals surface area (Å²) in [6.45, 7) is 0.239. The molecule has 1 N–H and O–H groups in total. The lowest BCUT2D eigenvalue weighted by atomic mass is 9.85. The van der Waals surface area contributed by atoms with E-state index in [1.807, 2.05) is 41.3 Å². The van der Waals surface area contributed by atoms with Gasteiger partial charge in [0, 0.05) is 12.5 Å². The highest BCUT2D eigenvalue weighted by Crippen LogP contribution is 2.39. The molecule has 3 aromatic rings. The third kappa shape index (κ3) is 5.33. The number of esters is 1. The van der Waals surface area contributed by atoms with Crippen LogP contribution in [0.4, 0.5) is 0 Å². The second kappa shape index (κ2) is 11.0. The molecule has 188 valence electrons. The second-order valence-corrected chi connectivity index (χ2v) is 9.75. The minimum absolute atomic E-state index is 0.00898. The van der Waals surface area contributed by atoms with E-state index in [-0.39, 0.29) is 37.1 Å². The number of carbonyl (C=O) groups excluding carboxylic acids is 2. The minimum atomic E-state index is -0.779. The number of nitrogens with zero attached hydrogens (tertiary/aromatic N) is 4. The summed E-state index contributed by atoms with van der Waals surface area (Å²) in [4.78, 5) is 27.7. The Balaban J connectivity index is 1.31. The van der Waals surface area contributed by atoms with E-state index in [0.29, 0.717) is 17.7 Å². The molecule has 1 aliphatic heterocycles. The van der Waals surface area contributed by atoms with Crippen LogP contribution in [-0.4, -0.2) is 49.5 Å². The Bertz CT molecular complexity index is 1160. The summed E-state index contributed by atoms with van der Waals surface area (Å²) < 4.78 is 7.03. The standard InChI is InChI=1S/C28H32N4O4/c33-26-18-31(27(34)21-12-6-2-7-13-21)24(20-10-4-1-5-11-20)16-25(26)32-17-23(29-30-32)19-36-28(35)22-14-8-3-9-15-22/h1,3-5,8-11,14-15,17,21,24-26,33H,2,6-7,12-13,16,18-19H2/t24-,25-,26-/m1/s1. The fraction of sp³-hybridized carbons (Fsp3) is 0.429. The predicted molar refractivity (Wildman–Crippen MR) is 133 cm³/mol. The maximum absolute atomic E-state index is 13.5. The summed E-state index contributed by atoms with van der Waals surface area (Å²) in [7, 11) is 0. The number of hydrogen-bond donors (Lipinski definition) is 1. The highest BCUT2D eigenvalue weighted by atomic mass is 16.5. The van der Waals surface area contributed by atoms with E-state index in [2.05, 4.69) is 10.3 Å². The number of aliphatic hydroxyl groups is 1. The number of benzene rings is 2. The molecule has 3 atom stereocenters. The Morgan fingerprint density at radius 3 is 2.39 bits per heavy atom. The Morgan fingerprint density at radius 2 is 1.67 bits per heavy atom. The molecular formula is C28H32N4O4. The molecule has 1 aromatic heterocycles. The van der Waals surface area contributed by atoms with Gasteiger partial charge in [0.2, 0.25) is 5.91 Å². The van der Waals surface area contributed by atoms with E-state index in [4.69, 9.17) is 4.74 Å². The monoisotopic (exact) mass is 488 g/mol. The van der Waals surface area contributed by atoms with Gasteiger partial charge in [-0.3, -0.25) is 4.79 Å². The molecule has 5 rings (SSSR count). The first-order chi connectivity index (χ1) is 17.6. The van der Waals surface area contributed by atoms with Crippen LogP contribution in [0.3, 0.4) is 0 Å². The number of likely N-dealkylation sites (tertiary alicyclic amines) is 1. The smallest absolute Gasteiger partial charge is 0.338 e. The van der Waals surface area contributed by atoms with Gasteiger partial charge in [-0.25, -0.2) is 9.48 Å². The van der Waals surface area contributed by atoms with Crippen molar-refractivity contribution >= 4 is 11.9 Å². The van der Waals surface area contributed by atoms with Crippen LogP contribution in [0.1, 0.15) is 72.2 Å². The molecule has 2 fully saturated rings. The maximum atomic E-state index is 13.5. The normalized spacial score (nSPS) is 22.8. The van der Waals surface area contributed by atoms with Gasteiger partial charge in [-0.2, -0.15) is 0 Å². The van der Waals surface area contributed by atoms with E-state index >= 15 is 0 Å². The number of hydrogen-bond acceptors (Lipinski definition) is 6. The summed E-state index contributed by atoms with van der Waals surface area (Å²) in [6, 6.07) is 18.3. The number of ether oxygens (including phenoxy) is 1. The van der Waals surface area contributed by atoms with Gasteiger partial charge in [0.1, 0.15) is 12.3 Å². The Morgan fingerprint density at radius 1 is 0.972 bits per heavy atom.